The molecule has 0 spiro atoms. The van der Waals surface area contributed by atoms with Crippen molar-refractivity contribution in [2.45, 2.75) is 6.42 Å². The highest BCUT2D eigenvalue weighted by Crippen LogP contribution is 2.22. The maximum absolute atomic E-state index is 3.19. The first-order chi connectivity index (χ1) is 4.47. The molecule has 1 N–H and O–H groups in total. The van der Waals surface area contributed by atoms with Gasteiger partial charge in [-0.1, -0.05) is 18.2 Å². The molecule has 0 fully saturated rings. The Kier molecular flexibility index (Phi) is 0.950. The van der Waals surface area contributed by atoms with Crippen molar-refractivity contribution in [1.29, 1.82) is 0 Å². The molecule has 1 nitrogen and oxygen atoms in total. The Balaban J connectivity index is 2.29. The summed E-state index contributed by atoms with van der Waals surface area (Å²) in [6.45, 7) is 0. The first kappa shape index (κ1) is 4.86. The summed E-state index contributed by atoms with van der Waals surface area (Å²) in [5, 5.41) is 3.19. The molecule has 1 heteroatoms. The highest BCUT2D eigenvalue weighted by Gasteiger charge is 2.14. The van der Waals surface area contributed by atoms with Gasteiger partial charge in [0, 0.05) is 11.6 Å². The minimum atomic E-state index is 0.648. The van der Waals surface area contributed by atoms with Crippen molar-refractivity contribution in [3.63, 3.8) is 0 Å². The summed E-state index contributed by atoms with van der Waals surface area (Å²) in [4.78, 5) is 0. The molecule has 1 atom stereocenters. The van der Waals surface area contributed by atoms with Gasteiger partial charge in [-0.3, -0.25) is 0 Å². The van der Waals surface area contributed by atoms with Gasteiger partial charge in [0.2, 0.25) is 0 Å². The maximum Gasteiger partial charge on any atom is 0.0221 e. The van der Waals surface area contributed by atoms with Crippen molar-refractivity contribution in [3.05, 3.63) is 36.2 Å². The van der Waals surface area contributed by atoms with Gasteiger partial charge in [0.1, 0.15) is 0 Å². The molecule has 1 unspecified atom stereocenters. The second-order valence-electron chi connectivity index (χ2n) is 2.40. The lowest BCUT2D eigenvalue weighted by Gasteiger charge is -2.10. The molecule has 1 heterocycles. The minimum absolute atomic E-state index is 0.648. The summed E-state index contributed by atoms with van der Waals surface area (Å²) in [6.07, 6.45) is 11.8. The van der Waals surface area contributed by atoms with Crippen LogP contribution in [0.3, 0.4) is 0 Å². The lowest BCUT2D eigenvalue weighted by Crippen LogP contribution is -2.07. The maximum atomic E-state index is 3.19. The van der Waals surface area contributed by atoms with E-state index < -0.39 is 0 Å². The molecule has 0 bridgehead atoms. The zero-order valence-corrected chi connectivity index (χ0v) is 5.17. The topological polar surface area (TPSA) is 12.0 Å². The lowest BCUT2D eigenvalue weighted by atomic mass is 9.99. The van der Waals surface area contributed by atoms with E-state index in [9.17, 15) is 0 Å². The first-order valence-electron chi connectivity index (χ1n) is 3.27. The van der Waals surface area contributed by atoms with Crippen molar-refractivity contribution < 1.29 is 0 Å². The van der Waals surface area contributed by atoms with Gasteiger partial charge in [-0.05, 0) is 18.7 Å². The molecule has 0 radical (unpaired) electrons. The van der Waals surface area contributed by atoms with Gasteiger partial charge < -0.3 is 5.32 Å². The molecular weight excluding hydrogens is 110 g/mol. The molecule has 0 amide bonds. The van der Waals surface area contributed by atoms with Crippen molar-refractivity contribution in [2.75, 3.05) is 0 Å². The highest BCUT2D eigenvalue weighted by molar-refractivity contribution is 5.28. The highest BCUT2D eigenvalue weighted by atomic mass is 14.9. The van der Waals surface area contributed by atoms with Crippen LogP contribution in [-0.4, -0.2) is 0 Å². The molecule has 0 aromatic carbocycles. The van der Waals surface area contributed by atoms with Crippen LogP contribution in [0, 0.1) is 5.92 Å². The monoisotopic (exact) mass is 119 g/mol. The molecule has 9 heavy (non-hydrogen) atoms. The van der Waals surface area contributed by atoms with Crippen molar-refractivity contribution in [3.8, 4) is 0 Å². The number of allylic oxidation sites excluding steroid dienone is 4. The average molecular weight is 119 g/mol. The van der Waals surface area contributed by atoms with Crippen molar-refractivity contribution in [2.24, 2.45) is 5.92 Å². The van der Waals surface area contributed by atoms with Crippen LogP contribution in [-0.2, 0) is 0 Å². The second-order valence-corrected chi connectivity index (χ2v) is 2.40. The van der Waals surface area contributed by atoms with E-state index in [1.807, 2.05) is 6.20 Å². The summed E-state index contributed by atoms with van der Waals surface area (Å²) in [7, 11) is 0. The summed E-state index contributed by atoms with van der Waals surface area (Å²) in [6, 6.07) is 0. The number of fused-ring (bicyclic) bond motifs is 1. The van der Waals surface area contributed by atoms with E-state index in [0.717, 1.165) is 6.42 Å². The molecular formula is C8H9N. The van der Waals surface area contributed by atoms with Gasteiger partial charge in [0.05, 0.1) is 0 Å². The Hall–Kier alpha value is -0.980. The number of hydrogen-bond acceptors (Lipinski definition) is 1. The standard InChI is InChI=1S/C8H9N/c1-2-4-8-7(3-1)5-6-9-8/h1-2,4-7,9H,3H2. The summed E-state index contributed by atoms with van der Waals surface area (Å²) < 4.78 is 0. The molecule has 1 aliphatic heterocycles. The van der Waals surface area contributed by atoms with E-state index in [1.165, 1.54) is 5.70 Å². The Bertz CT molecular complexity index is 199. The molecule has 1 aliphatic carbocycles. The largest absolute Gasteiger partial charge is 0.365 e. The van der Waals surface area contributed by atoms with Crippen LogP contribution in [0.2, 0.25) is 0 Å². The van der Waals surface area contributed by atoms with Crippen molar-refractivity contribution in [1.82, 2.24) is 5.32 Å². The fourth-order valence-electron chi connectivity index (χ4n) is 1.25. The Morgan fingerprint density at radius 3 is 3.44 bits per heavy atom. The van der Waals surface area contributed by atoms with Gasteiger partial charge in [0.15, 0.2) is 0 Å². The molecule has 46 valence electrons. The molecule has 2 aliphatic rings. The molecule has 0 saturated heterocycles. The normalized spacial score (nSPS) is 29.3. The van der Waals surface area contributed by atoms with E-state index in [2.05, 4.69) is 29.6 Å². The van der Waals surface area contributed by atoms with Gasteiger partial charge in [0.25, 0.3) is 0 Å². The number of hydrogen-bond donors (Lipinski definition) is 1. The summed E-state index contributed by atoms with van der Waals surface area (Å²) >= 11 is 0. The van der Waals surface area contributed by atoms with E-state index in [1.54, 1.807) is 0 Å². The molecule has 0 aromatic rings. The van der Waals surface area contributed by atoms with Crippen LogP contribution in [0.1, 0.15) is 6.42 Å². The van der Waals surface area contributed by atoms with E-state index in [0.29, 0.717) is 5.92 Å². The van der Waals surface area contributed by atoms with Gasteiger partial charge in [-0.25, -0.2) is 0 Å². The predicted octanol–water partition coefficient (Wildman–Crippen LogP) is 1.56. The van der Waals surface area contributed by atoms with Gasteiger partial charge >= 0.3 is 0 Å². The third-order valence-electron chi connectivity index (χ3n) is 1.78. The van der Waals surface area contributed by atoms with Crippen LogP contribution in [0.25, 0.3) is 0 Å². The molecule has 0 aromatic heterocycles. The van der Waals surface area contributed by atoms with E-state index in [-0.39, 0.29) is 0 Å². The fraction of sp³-hybridized carbons (Fsp3) is 0.250. The van der Waals surface area contributed by atoms with Crippen LogP contribution >= 0.6 is 0 Å². The smallest absolute Gasteiger partial charge is 0.0221 e. The van der Waals surface area contributed by atoms with Gasteiger partial charge in [-0.15, -0.1) is 0 Å². The van der Waals surface area contributed by atoms with Crippen LogP contribution in [0.4, 0.5) is 0 Å². The zero-order chi connectivity index (χ0) is 6.10. The van der Waals surface area contributed by atoms with E-state index in [4.69, 9.17) is 0 Å². The fourth-order valence-corrected chi connectivity index (χ4v) is 1.25. The summed E-state index contributed by atoms with van der Waals surface area (Å²) in [5.74, 6) is 0.648. The Labute approximate surface area is 54.8 Å². The predicted molar refractivity (Wildman–Crippen MR) is 37.6 cm³/mol. The number of rotatable bonds is 0. The van der Waals surface area contributed by atoms with Crippen LogP contribution in [0.15, 0.2) is 36.2 Å². The SMILES string of the molecule is C1=CCC2C=CNC2=C1. The second kappa shape index (κ2) is 1.76. The number of nitrogens with one attached hydrogen (secondary N) is 1. The van der Waals surface area contributed by atoms with Crippen molar-refractivity contribution >= 4 is 0 Å². The molecule has 0 saturated carbocycles. The quantitative estimate of drug-likeness (QED) is 0.510. The molecule has 2 rings (SSSR count). The zero-order valence-electron chi connectivity index (χ0n) is 5.17. The first-order valence-corrected chi connectivity index (χ1v) is 3.27. The Morgan fingerprint density at radius 2 is 2.56 bits per heavy atom. The third kappa shape index (κ3) is 0.689. The van der Waals surface area contributed by atoms with Crippen LogP contribution < -0.4 is 5.32 Å². The lowest BCUT2D eigenvalue weighted by molar-refractivity contribution is 0.756. The van der Waals surface area contributed by atoms with Gasteiger partial charge in [-0.2, -0.15) is 0 Å². The van der Waals surface area contributed by atoms with E-state index >= 15 is 0 Å². The Morgan fingerprint density at radius 1 is 1.56 bits per heavy atom. The minimum Gasteiger partial charge on any atom is -0.365 e. The average Bonchev–Trinajstić information content (AvgIpc) is 2.33. The van der Waals surface area contributed by atoms with Crippen LogP contribution in [0.5, 0.6) is 0 Å². The third-order valence-corrected chi connectivity index (χ3v) is 1.78. The summed E-state index contributed by atoms with van der Waals surface area (Å²) in [5.41, 5.74) is 1.34.